The summed E-state index contributed by atoms with van der Waals surface area (Å²) >= 11 is 1.38. The molecule has 0 fully saturated rings. The minimum atomic E-state index is -0.559. The molecule has 1 N–H and O–H groups in total. The maximum Gasteiger partial charge on any atom is 0.374 e. The third-order valence-electron chi connectivity index (χ3n) is 2.78. The Bertz CT molecular complexity index is 847. The minimum Gasteiger partial charge on any atom is -0.463 e. The average Bonchev–Trinajstić information content (AvgIpc) is 2.87. The van der Waals surface area contributed by atoms with Gasteiger partial charge in [0.25, 0.3) is 0 Å². The van der Waals surface area contributed by atoms with Crippen LogP contribution in [0.15, 0.2) is 39.9 Å². The maximum absolute atomic E-state index is 11.5. The number of ether oxygens (including phenoxy) is 1. The average molecular weight is 275 g/mol. The zero-order valence-corrected chi connectivity index (χ0v) is 10.7. The molecule has 0 amide bonds. The normalized spacial score (nSPS) is 12.2. The van der Waals surface area contributed by atoms with Gasteiger partial charge in [-0.05, 0) is 6.07 Å². The van der Waals surface area contributed by atoms with Crippen LogP contribution in [0, 0.1) is 0 Å². The monoisotopic (exact) mass is 275 g/mol. The van der Waals surface area contributed by atoms with Gasteiger partial charge in [0.15, 0.2) is 4.90 Å². The van der Waals surface area contributed by atoms with Crippen molar-refractivity contribution in [3.05, 3.63) is 41.4 Å². The van der Waals surface area contributed by atoms with Crippen LogP contribution in [-0.2, 0) is 4.74 Å². The Morgan fingerprint density at radius 3 is 2.89 bits per heavy atom. The summed E-state index contributed by atoms with van der Waals surface area (Å²) < 4.78 is 11.0. The van der Waals surface area contributed by atoms with E-state index in [1.54, 1.807) is 0 Å². The smallest absolute Gasteiger partial charge is 0.374 e. The van der Waals surface area contributed by atoms with Crippen LogP contribution in [-0.4, -0.2) is 18.3 Å². The van der Waals surface area contributed by atoms with Gasteiger partial charge in [-0.1, -0.05) is 34.7 Å². The molecule has 2 heterocycles. The molecule has 3 aromatic rings. The third kappa shape index (κ3) is 1.77. The zero-order chi connectivity index (χ0) is 13.4. The fourth-order valence-electron chi connectivity index (χ4n) is 1.92. The van der Waals surface area contributed by atoms with Crippen molar-refractivity contribution in [2.75, 3.05) is 7.11 Å². The second-order valence-corrected chi connectivity index (χ2v) is 4.86. The van der Waals surface area contributed by atoms with Gasteiger partial charge in [-0.3, -0.25) is 0 Å². The Morgan fingerprint density at radius 2 is 2.16 bits per heavy atom. The highest BCUT2D eigenvalue weighted by atomic mass is 32.1. The van der Waals surface area contributed by atoms with E-state index in [0.717, 1.165) is 10.1 Å². The van der Waals surface area contributed by atoms with E-state index in [0.29, 0.717) is 15.6 Å². The predicted molar refractivity (Wildman–Crippen MR) is 70.3 cm³/mol. The van der Waals surface area contributed by atoms with Gasteiger partial charge in [-0.15, -0.1) is 0 Å². The molecule has 0 radical (unpaired) electrons. The van der Waals surface area contributed by atoms with E-state index in [9.17, 15) is 10.0 Å². The summed E-state index contributed by atoms with van der Waals surface area (Å²) in [5, 5.41) is 14.3. The van der Waals surface area contributed by atoms with Crippen LogP contribution in [0.2, 0.25) is 0 Å². The van der Waals surface area contributed by atoms with Crippen molar-refractivity contribution in [3.63, 3.8) is 0 Å². The lowest BCUT2D eigenvalue weighted by Gasteiger charge is -1.96. The zero-order valence-electron chi connectivity index (χ0n) is 9.91. The molecule has 0 aliphatic heterocycles. The Kier molecular flexibility index (Phi) is 2.72. The van der Waals surface area contributed by atoms with E-state index in [1.807, 2.05) is 24.3 Å². The molecule has 0 aliphatic rings. The number of nitrogens with zero attached hydrogens (tertiary/aromatic N) is 1. The lowest BCUT2D eigenvalue weighted by Crippen LogP contribution is -2.02. The van der Waals surface area contributed by atoms with Gasteiger partial charge >= 0.3 is 5.97 Å². The summed E-state index contributed by atoms with van der Waals surface area (Å²) in [4.78, 5) is 12.0. The molecule has 0 aliphatic carbocycles. The van der Waals surface area contributed by atoms with Crippen LogP contribution in [0.5, 0.6) is 0 Å². The topological polar surface area (TPSA) is 72.0 Å². The van der Waals surface area contributed by atoms with E-state index in [-0.39, 0.29) is 5.76 Å². The summed E-state index contributed by atoms with van der Waals surface area (Å²) in [5.41, 5.74) is 0. The molecule has 96 valence electrons. The molecule has 5 nitrogen and oxygen atoms in total. The first kappa shape index (κ1) is 11.7. The minimum absolute atomic E-state index is 0.0916. The lowest BCUT2D eigenvalue weighted by molar-refractivity contribution is 0.0568. The van der Waals surface area contributed by atoms with Gasteiger partial charge in [0.1, 0.15) is 5.36 Å². The van der Waals surface area contributed by atoms with Crippen molar-refractivity contribution in [2.24, 2.45) is 5.16 Å². The molecule has 0 atom stereocenters. The van der Waals surface area contributed by atoms with Crippen LogP contribution >= 0.6 is 11.3 Å². The fraction of sp³-hybridized carbons (Fsp3) is 0.0769. The number of carbonyl (C=O) groups is 1. The highest BCUT2D eigenvalue weighted by molar-refractivity contribution is 7.24. The Balaban J connectivity index is 2.45. The molecule has 3 rings (SSSR count). The first-order valence-corrected chi connectivity index (χ1v) is 6.28. The number of rotatable bonds is 1. The van der Waals surface area contributed by atoms with E-state index in [2.05, 4.69) is 9.89 Å². The maximum atomic E-state index is 11.5. The summed E-state index contributed by atoms with van der Waals surface area (Å²) in [5.74, 6) is -0.467. The van der Waals surface area contributed by atoms with Gasteiger partial charge in [0.05, 0.1) is 12.5 Å². The molecule has 0 spiro atoms. The van der Waals surface area contributed by atoms with Gasteiger partial charge in [-0.25, -0.2) is 4.79 Å². The molecule has 2 aromatic heterocycles. The number of esters is 1. The Morgan fingerprint density at radius 1 is 1.37 bits per heavy atom. The molecule has 19 heavy (non-hydrogen) atoms. The number of furan rings is 1. The number of methoxy groups -OCH3 is 1. The second-order valence-electron chi connectivity index (χ2n) is 3.85. The van der Waals surface area contributed by atoms with E-state index < -0.39 is 5.97 Å². The van der Waals surface area contributed by atoms with Crippen molar-refractivity contribution in [1.82, 2.24) is 0 Å². The SMILES string of the molecule is COC(=O)c1cc2/c(=N\O)c3ccccc3sc2o1. The first-order valence-electron chi connectivity index (χ1n) is 5.46. The van der Waals surface area contributed by atoms with Crippen molar-refractivity contribution < 1.29 is 19.2 Å². The van der Waals surface area contributed by atoms with Crippen LogP contribution < -0.4 is 5.36 Å². The molecule has 1 aromatic carbocycles. The summed E-state index contributed by atoms with van der Waals surface area (Å²) in [6, 6.07) is 9.02. The number of benzene rings is 1. The number of fused-ring (bicyclic) bond motifs is 2. The lowest BCUT2D eigenvalue weighted by atomic mass is 10.2. The van der Waals surface area contributed by atoms with Crippen LogP contribution in [0.25, 0.3) is 20.4 Å². The van der Waals surface area contributed by atoms with Gasteiger partial charge in [0, 0.05) is 16.2 Å². The first-order chi connectivity index (χ1) is 9.24. The van der Waals surface area contributed by atoms with E-state index in [4.69, 9.17) is 4.42 Å². The highest BCUT2D eigenvalue weighted by Gasteiger charge is 2.15. The molecule has 0 bridgehead atoms. The van der Waals surface area contributed by atoms with Gasteiger partial charge in [-0.2, -0.15) is 0 Å². The third-order valence-corrected chi connectivity index (χ3v) is 3.85. The molecule has 0 unspecified atom stereocenters. The number of hydrogen-bond acceptors (Lipinski definition) is 6. The van der Waals surface area contributed by atoms with Crippen LogP contribution in [0.3, 0.4) is 0 Å². The quantitative estimate of drug-likeness (QED) is 0.421. The number of carbonyl (C=O) groups excluding carboxylic acids is 1. The summed E-state index contributed by atoms with van der Waals surface area (Å²) in [6.07, 6.45) is 0. The van der Waals surface area contributed by atoms with Crippen molar-refractivity contribution in [1.29, 1.82) is 0 Å². The fourth-order valence-corrected chi connectivity index (χ4v) is 2.94. The standard InChI is InChI=1S/C13H9NO4S/c1-17-12(15)9-6-8-11(14-16)7-4-2-3-5-10(7)19-13(8)18-9/h2-6,16H,1H3/b14-11-. The highest BCUT2D eigenvalue weighted by Crippen LogP contribution is 2.27. The second kappa shape index (κ2) is 4.40. The molecular weight excluding hydrogens is 266 g/mol. The molecule has 6 heteroatoms. The van der Waals surface area contributed by atoms with Crippen LogP contribution in [0.1, 0.15) is 10.6 Å². The van der Waals surface area contributed by atoms with E-state index in [1.165, 1.54) is 24.5 Å². The van der Waals surface area contributed by atoms with Gasteiger partial charge < -0.3 is 14.4 Å². The summed E-state index contributed by atoms with van der Waals surface area (Å²) in [7, 11) is 1.28. The Hall–Kier alpha value is -2.34. The molecular formula is C13H9NO4S. The van der Waals surface area contributed by atoms with Crippen LogP contribution in [0.4, 0.5) is 0 Å². The number of hydrogen-bond donors (Lipinski definition) is 1. The van der Waals surface area contributed by atoms with Gasteiger partial charge in [0.2, 0.25) is 5.76 Å². The largest absolute Gasteiger partial charge is 0.463 e. The molecule has 0 saturated carbocycles. The van der Waals surface area contributed by atoms with Crippen molar-refractivity contribution in [3.8, 4) is 0 Å². The van der Waals surface area contributed by atoms with Crippen molar-refractivity contribution in [2.45, 2.75) is 0 Å². The van der Waals surface area contributed by atoms with E-state index >= 15 is 0 Å². The predicted octanol–water partition coefficient (Wildman–Crippen LogP) is 2.72. The molecule has 0 saturated heterocycles. The summed E-state index contributed by atoms with van der Waals surface area (Å²) in [6.45, 7) is 0. The van der Waals surface area contributed by atoms with Crippen molar-refractivity contribution >= 4 is 37.7 Å². The Labute approximate surface area is 111 Å².